The lowest BCUT2D eigenvalue weighted by molar-refractivity contribution is -0.122. The smallest absolute Gasteiger partial charge is 0.229 e. The molecule has 1 aliphatic rings. The normalized spacial score (nSPS) is 16.1. The molecule has 1 N–H and O–H groups in total. The maximum Gasteiger partial charge on any atom is 0.229 e. The topological polar surface area (TPSA) is 77.1 Å². The number of hydrogen-bond acceptors (Lipinski definition) is 5. The van der Waals surface area contributed by atoms with Gasteiger partial charge in [0.2, 0.25) is 11.8 Å². The van der Waals surface area contributed by atoms with Crippen molar-refractivity contribution in [3.05, 3.63) is 42.5 Å². The molecule has 1 aliphatic heterocycles. The summed E-state index contributed by atoms with van der Waals surface area (Å²) in [6.07, 6.45) is 0.235. The minimum absolute atomic E-state index is 0.0796. The van der Waals surface area contributed by atoms with Crippen molar-refractivity contribution in [2.24, 2.45) is 5.92 Å². The van der Waals surface area contributed by atoms with Crippen molar-refractivity contribution in [2.75, 3.05) is 31.0 Å². The molecule has 7 nitrogen and oxygen atoms in total. The summed E-state index contributed by atoms with van der Waals surface area (Å²) in [5.74, 6) is 1.11. The van der Waals surface area contributed by atoms with Crippen LogP contribution in [0.4, 0.5) is 11.4 Å². The molecule has 1 unspecified atom stereocenters. The summed E-state index contributed by atoms with van der Waals surface area (Å²) in [4.78, 5) is 26.9. The highest BCUT2D eigenvalue weighted by atomic mass is 16.5. The van der Waals surface area contributed by atoms with Crippen molar-refractivity contribution in [1.82, 2.24) is 0 Å². The number of benzene rings is 2. The molecule has 2 amide bonds. The first-order chi connectivity index (χ1) is 13.9. The molecule has 1 saturated heterocycles. The van der Waals surface area contributed by atoms with E-state index in [9.17, 15) is 9.59 Å². The number of rotatable bonds is 7. The van der Waals surface area contributed by atoms with Gasteiger partial charge in [-0.2, -0.15) is 0 Å². The van der Waals surface area contributed by atoms with E-state index in [2.05, 4.69) is 5.32 Å². The van der Waals surface area contributed by atoms with Crippen molar-refractivity contribution in [1.29, 1.82) is 0 Å². The minimum atomic E-state index is -0.454. The highest BCUT2D eigenvalue weighted by molar-refractivity contribution is 6.04. The van der Waals surface area contributed by atoms with Crippen LogP contribution in [0, 0.1) is 5.92 Å². The summed E-state index contributed by atoms with van der Waals surface area (Å²) < 4.78 is 16.1. The zero-order valence-corrected chi connectivity index (χ0v) is 17.1. The Bertz CT molecular complexity index is 879. The lowest BCUT2D eigenvalue weighted by Crippen LogP contribution is -2.28. The van der Waals surface area contributed by atoms with Crippen LogP contribution in [-0.4, -0.2) is 38.7 Å². The number of amides is 2. The summed E-state index contributed by atoms with van der Waals surface area (Å²) in [6, 6.07) is 12.5. The van der Waals surface area contributed by atoms with E-state index in [1.54, 1.807) is 30.2 Å². The maximum absolute atomic E-state index is 12.8. The number of nitrogens with one attached hydrogen (secondary N) is 1. The summed E-state index contributed by atoms with van der Waals surface area (Å²) in [5, 5.41) is 2.86. The van der Waals surface area contributed by atoms with E-state index in [-0.39, 0.29) is 24.3 Å². The SMILES string of the molecule is COc1ccc(OC)c(NC(=O)C2CC(=O)N(c3ccc(OC(C)C)cc3)C2)c1. The van der Waals surface area contributed by atoms with Crippen LogP contribution in [0.25, 0.3) is 0 Å². The number of hydrogen-bond donors (Lipinski definition) is 1. The van der Waals surface area contributed by atoms with Crippen LogP contribution >= 0.6 is 0 Å². The molecular weight excluding hydrogens is 372 g/mol. The van der Waals surface area contributed by atoms with Crippen LogP contribution in [0.2, 0.25) is 0 Å². The van der Waals surface area contributed by atoms with Gasteiger partial charge in [0.25, 0.3) is 0 Å². The Hall–Kier alpha value is -3.22. The zero-order valence-electron chi connectivity index (χ0n) is 17.1. The Labute approximate surface area is 170 Å². The van der Waals surface area contributed by atoms with Gasteiger partial charge in [0.1, 0.15) is 17.2 Å². The summed E-state index contributed by atoms with van der Waals surface area (Å²) in [7, 11) is 3.09. The molecule has 0 bridgehead atoms. The van der Waals surface area contributed by atoms with Gasteiger partial charge in [-0.25, -0.2) is 0 Å². The van der Waals surface area contributed by atoms with E-state index in [1.807, 2.05) is 38.1 Å². The molecule has 1 heterocycles. The first kappa shape index (κ1) is 20.5. The average molecular weight is 398 g/mol. The molecule has 154 valence electrons. The molecule has 1 fully saturated rings. The second kappa shape index (κ2) is 8.86. The molecule has 3 rings (SSSR count). The van der Waals surface area contributed by atoms with Crippen molar-refractivity contribution in [2.45, 2.75) is 26.4 Å². The Balaban J connectivity index is 1.69. The number of carbonyl (C=O) groups is 2. The monoisotopic (exact) mass is 398 g/mol. The molecule has 0 spiro atoms. The maximum atomic E-state index is 12.8. The lowest BCUT2D eigenvalue weighted by Gasteiger charge is -2.18. The van der Waals surface area contributed by atoms with Crippen molar-refractivity contribution in [3.8, 4) is 17.2 Å². The lowest BCUT2D eigenvalue weighted by atomic mass is 10.1. The highest BCUT2D eigenvalue weighted by Gasteiger charge is 2.35. The second-order valence-corrected chi connectivity index (χ2v) is 7.12. The average Bonchev–Trinajstić information content (AvgIpc) is 3.10. The van der Waals surface area contributed by atoms with Gasteiger partial charge >= 0.3 is 0 Å². The highest BCUT2D eigenvalue weighted by Crippen LogP contribution is 2.31. The van der Waals surface area contributed by atoms with Gasteiger partial charge in [-0.3, -0.25) is 9.59 Å². The van der Waals surface area contributed by atoms with Crippen molar-refractivity contribution in [3.63, 3.8) is 0 Å². The Morgan fingerprint density at radius 2 is 1.76 bits per heavy atom. The van der Waals surface area contributed by atoms with Crippen molar-refractivity contribution >= 4 is 23.2 Å². The fraction of sp³-hybridized carbons (Fsp3) is 0.364. The Kier molecular flexibility index (Phi) is 6.26. The molecule has 0 aromatic heterocycles. The third-order valence-electron chi connectivity index (χ3n) is 4.68. The number of anilines is 2. The van der Waals surface area contributed by atoms with Gasteiger partial charge < -0.3 is 24.4 Å². The van der Waals surface area contributed by atoms with Gasteiger partial charge in [-0.05, 0) is 50.2 Å². The van der Waals surface area contributed by atoms with Gasteiger partial charge in [-0.1, -0.05) is 0 Å². The Morgan fingerprint density at radius 3 is 2.38 bits per heavy atom. The Morgan fingerprint density at radius 1 is 1.07 bits per heavy atom. The minimum Gasteiger partial charge on any atom is -0.497 e. The second-order valence-electron chi connectivity index (χ2n) is 7.12. The van der Waals surface area contributed by atoms with Crippen LogP contribution in [0.5, 0.6) is 17.2 Å². The molecular formula is C22H26N2O5. The molecule has 2 aromatic rings. The number of methoxy groups -OCH3 is 2. The molecule has 0 radical (unpaired) electrons. The predicted octanol–water partition coefficient (Wildman–Crippen LogP) is 3.48. The molecule has 0 saturated carbocycles. The molecule has 0 aliphatic carbocycles. The number of nitrogens with zero attached hydrogens (tertiary/aromatic N) is 1. The summed E-state index contributed by atoms with van der Waals surface area (Å²) >= 11 is 0. The van der Waals surface area contributed by atoms with E-state index in [0.29, 0.717) is 23.7 Å². The van der Waals surface area contributed by atoms with Crippen LogP contribution in [-0.2, 0) is 9.59 Å². The number of ether oxygens (including phenoxy) is 3. The van der Waals surface area contributed by atoms with E-state index < -0.39 is 5.92 Å². The van der Waals surface area contributed by atoms with Crippen molar-refractivity contribution < 1.29 is 23.8 Å². The van der Waals surface area contributed by atoms with E-state index in [4.69, 9.17) is 14.2 Å². The summed E-state index contributed by atoms with van der Waals surface area (Å²) in [5.41, 5.74) is 1.26. The van der Waals surface area contributed by atoms with E-state index in [0.717, 1.165) is 11.4 Å². The molecule has 7 heteroatoms. The number of carbonyl (C=O) groups excluding carboxylic acids is 2. The third-order valence-corrected chi connectivity index (χ3v) is 4.68. The fourth-order valence-electron chi connectivity index (χ4n) is 3.26. The van der Waals surface area contributed by atoms with Gasteiger partial charge in [0.05, 0.1) is 31.9 Å². The predicted molar refractivity (Wildman–Crippen MR) is 111 cm³/mol. The van der Waals surface area contributed by atoms with Gasteiger partial charge in [0.15, 0.2) is 0 Å². The van der Waals surface area contributed by atoms with Crippen LogP contribution in [0.15, 0.2) is 42.5 Å². The molecule has 2 aromatic carbocycles. The van der Waals surface area contributed by atoms with E-state index in [1.165, 1.54) is 7.11 Å². The standard InChI is InChI=1S/C22H26N2O5/c1-14(2)29-17-7-5-16(6-8-17)24-13-15(11-21(24)25)22(26)23-19-12-18(27-3)9-10-20(19)28-4/h5-10,12,14-15H,11,13H2,1-4H3,(H,23,26). The van der Waals surface area contributed by atoms with Gasteiger partial charge in [-0.15, -0.1) is 0 Å². The van der Waals surface area contributed by atoms with Crippen LogP contribution < -0.4 is 24.4 Å². The van der Waals surface area contributed by atoms with E-state index >= 15 is 0 Å². The first-order valence-corrected chi connectivity index (χ1v) is 9.51. The fourth-order valence-corrected chi connectivity index (χ4v) is 3.26. The quantitative estimate of drug-likeness (QED) is 0.773. The van der Waals surface area contributed by atoms with Crippen LogP contribution in [0.3, 0.4) is 0 Å². The third kappa shape index (κ3) is 4.80. The zero-order chi connectivity index (χ0) is 21.0. The van der Waals surface area contributed by atoms with Crippen LogP contribution in [0.1, 0.15) is 20.3 Å². The van der Waals surface area contributed by atoms with Gasteiger partial charge in [0, 0.05) is 24.7 Å². The summed E-state index contributed by atoms with van der Waals surface area (Å²) in [6.45, 7) is 4.23. The molecule has 1 atom stereocenters. The first-order valence-electron chi connectivity index (χ1n) is 9.51. The largest absolute Gasteiger partial charge is 0.497 e. The molecule has 29 heavy (non-hydrogen) atoms.